The normalized spacial score (nSPS) is 41.5. The maximum Gasteiger partial charge on any atom is 0 e. The smallest absolute Gasteiger partial charge is 0 e. The standard InChI is InChI=1S/C11H20.C2H6.2H2/c1-3-9-10-7-5-6-8-11(9,10)4-2;1-2;;/h9-10H,3-8H2,1-2H3;1-2H3;2*1H/t9?,10?,11-;;;/m0.../s1. The first-order valence-electron chi connectivity index (χ1n) is 6.35. The molecule has 13 heavy (non-hydrogen) atoms. The Balaban J connectivity index is 0. The quantitative estimate of drug-likeness (QED) is 0.561. The molecule has 2 fully saturated rings. The molecule has 0 heterocycles. The topological polar surface area (TPSA) is 0 Å². The summed E-state index contributed by atoms with van der Waals surface area (Å²) in [7, 11) is 0. The number of fused-ring (bicyclic) bond motifs is 1. The van der Waals surface area contributed by atoms with Crippen LogP contribution in [-0.2, 0) is 0 Å². The van der Waals surface area contributed by atoms with Crippen LogP contribution in [0.15, 0.2) is 0 Å². The van der Waals surface area contributed by atoms with Crippen molar-refractivity contribution in [2.75, 3.05) is 0 Å². The van der Waals surface area contributed by atoms with Gasteiger partial charge in [-0.3, -0.25) is 0 Å². The number of hydrogen-bond donors (Lipinski definition) is 0. The first kappa shape index (κ1) is 11.1. The Morgan fingerprint density at radius 1 is 1.23 bits per heavy atom. The zero-order valence-electron chi connectivity index (χ0n) is 9.90. The average molecular weight is 186 g/mol. The van der Waals surface area contributed by atoms with Crippen LogP contribution in [0.1, 0.15) is 69.1 Å². The monoisotopic (exact) mass is 186 g/mol. The molecule has 0 aromatic rings. The van der Waals surface area contributed by atoms with Crippen molar-refractivity contribution in [2.45, 2.75) is 66.2 Å². The van der Waals surface area contributed by atoms with E-state index in [0.717, 1.165) is 17.3 Å². The number of rotatable bonds is 2. The Labute approximate surface area is 87.1 Å². The molecule has 0 nitrogen and oxygen atoms in total. The second-order valence-corrected chi connectivity index (χ2v) is 4.45. The van der Waals surface area contributed by atoms with Gasteiger partial charge >= 0.3 is 0 Å². The molecule has 2 saturated carbocycles. The average Bonchev–Trinajstić information content (AvgIpc) is 2.89. The molecule has 82 valence electrons. The van der Waals surface area contributed by atoms with Crippen molar-refractivity contribution < 1.29 is 2.85 Å². The van der Waals surface area contributed by atoms with Gasteiger partial charge in [0.05, 0.1) is 0 Å². The lowest BCUT2D eigenvalue weighted by Gasteiger charge is -2.19. The van der Waals surface area contributed by atoms with Gasteiger partial charge in [-0.1, -0.05) is 47.0 Å². The zero-order chi connectivity index (χ0) is 9.90. The fourth-order valence-corrected chi connectivity index (χ4v) is 3.74. The van der Waals surface area contributed by atoms with Crippen molar-refractivity contribution in [2.24, 2.45) is 17.3 Å². The lowest BCUT2D eigenvalue weighted by Crippen LogP contribution is -2.08. The molecule has 2 aliphatic rings. The summed E-state index contributed by atoms with van der Waals surface area (Å²) in [5.41, 5.74) is 0.854. The molecule has 0 amide bonds. The first-order chi connectivity index (χ1) is 6.35. The Bertz CT molecular complexity index is 153. The zero-order valence-corrected chi connectivity index (χ0v) is 9.90. The van der Waals surface area contributed by atoms with Crippen LogP contribution in [0.2, 0.25) is 0 Å². The summed E-state index contributed by atoms with van der Waals surface area (Å²) in [6, 6.07) is 0. The fraction of sp³-hybridized carbons (Fsp3) is 1.00. The largest absolute Gasteiger partial charge is 0.0683 e. The van der Waals surface area contributed by atoms with E-state index >= 15 is 0 Å². The summed E-state index contributed by atoms with van der Waals surface area (Å²) in [6.45, 7) is 8.77. The van der Waals surface area contributed by atoms with Gasteiger partial charge in [0.25, 0.3) is 0 Å². The lowest BCUT2D eigenvalue weighted by molar-refractivity contribution is 0.317. The SMILES string of the molecule is CC.CCC1C2CCCC[C@@]12CC.[HH].[HH]. The van der Waals surface area contributed by atoms with E-state index < -0.39 is 0 Å². The summed E-state index contributed by atoms with van der Waals surface area (Å²) in [4.78, 5) is 0. The van der Waals surface area contributed by atoms with Crippen LogP contribution in [-0.4, -0.2) is 0 Å². The number of hydrogen-bond acceptors (Lipinski definition) is 0. The van der Waals surface area contributed by atoms with Crippen LogP contribution in [0.3, 0.4) is 0 Å². The van der Waals surface area contributed by atoms with E-state index in [1.54, 1.807) is 12.8 Å². The molecule has 0 radical (unpaired) electrons. The van der Waals surface area contributed by atoms with Gasteiger partial charge in [-0.15, -0.1) is 0 Å². The van der Waals surface area contributed by atoms with Crippen molar-refractivity contribution in [1.29, 1.82) is 0 Å². The van der Waals surface area contributed by atoms with E-state index in [4.69, 9.17) is 0 Å². The summed E-state index contributed by atoms with van der Waals surface area (Å²) >= 11 is 0. The highest BCUT2D eigenvalue weighted by molar-refractivity contribution is 5.10. The summed E-state index contributed by atoms with van der Waals surface area (Å²) < 4.78 is 0. The minimum Gasteiger partial charge on any atom is -0.0683 e. The molecule has 0 bridgehead atoms. The van der Waals surface area contributed by atoms with Crippen molar-refractivity contribution in [3.05, 3.63) is 0 Å². The second-order valence-electron chi connectivity index (χ2n) is 4.45. The molecule has 0 spiro atoms. The van der Waals surface area contributed by atoms with Crippen LogP contribution in [0.25, 0.3) is 0 Å². The molecule has 2 unspecified atom stereocenters. The van der Waals surface area contributed by atoms with Crippen LogP contribution in [0.5, 0.6) is 0 Å². The molecule has 0 aromatic carbocycles. The Kier molecular flexibility index (Phi) is 3.82. The molecule has 0 saturated heterocycles. The summed E-state index contributed by atoms with van der Waals surface area (Å²) in [6.07, 6.45) is 9.03. The minimum absolute atomic E-state index is 0. The maximum absolute atomic E-state index is 2.40. The molecule has 0 aromatic heterocycles. The molecular formula is C13H30. The van der Waals surface area contributed by atoms with Crippen LogP contribution in [0.4, 0.5) is 0 Å². The van der Waals surface area contributed by atoms with Gasteiger partial charge in [-0.25, -0.2) is 0 Å². The van der Waals surface area contributed by atoms with Crippen LogP contribution < -0.4 is 0 Å². The third-order valence-electron chi connectivity index (χ3n) is 4.36. The minimum atomic E-state index is 0. The van der Waals surface area contributed by atoms with Crippen molar-refractivity contribution >= 4 is 0 Å². The third-order valence-corrected chi connectivity index (χ3v) is 4.36. The van der Waals surface area contributed by atoms with Gasteiger partial charge in [-0.05, 0) is 36.5 Å². The van der Waals surface area contributed by atoms with E-state index in [2.05, 4.69) is 13.8 Å². The predicted octanol–water partition coefficient (Wildman–Crippen LogP) is 5.13. The second kappa shape index (κ2) is 4.48. The first-order valence-corrected chi connectivity index (χ1v) is 6.35. The van der Waals surface area contributed by atoms with E-state index in [-0.39, 0.29) is 2.85 Å². The predicted molar refractivity (Wildman–Crippen MR) is 64.0 cm³/mol. The lowest BCUT2D eigenvalue weighted by atomic mass is 9.86. The van der Waals surface area contributed by atoms with Gasteiger partial charge in [0.1, 0.15) is 0 Å². The van der Waals surface area contributed by atoms with Gasteiger partial charge in [0.2, 0.25) is 0 Å². The van der Waals surface area contributed by atoms with Crippen molar-refractivity contribution in [1.82, 2.24) is 0 Å². The van der Waals surface area contributed by atoms with Gasteiger partial charge in [0, 0.05) is 2.85 Å². The molecular weight excluding hydrogens is 156 g/mol. The molecule has 0 N–H and O–H groups in total. The highest BCUT2D eigenvalue weighted by Gasteiger charge is 2.61. The van der Waals surface area contributed by atoms with Crippen molar-refractivity contribution in [3.63, 3.8) is 0 Å². The Morgan fingerprint density at radius 2 is 1.92 bits per heavy atom. The van der Waals surface area contributed by atoms with E-state index in [9.17, 15) is 0 Å². The summed E-state index contributed by atoms with van der Waals surface area (Å²) in [5, 5.41) is 0. The van der Waals surface area contributed by atoms with Gasteiger partial charge in [-0.2, -0.15) is 0 Å². The molecule has 0 aliphatic heterocycles. The van der Waals surface area contributed by atoms with Crippen molar-refractivity contribution in [3.8, 4) is 0 Å². The Morgan fingerprint density at radius 3 is 2.38 bits per heavy atom. The highest BCUT2D eigenvalue weighted by Crippen LogP contribution is 2.69. The molecule has 3 atom stereocenters. The third kappa shape index (κ3) is 1.65. The molecule has 0 heteroatoms. The highest BCUT2D eigenvalue weighted by atomic mass is 14.7. The Hall–Kier alpha value is 0. The van der Waals surface area contributed by atoms with Gasteiger partial charge < -0.3 is 0 Å². The van der Waals surface area contributed by atoms with E-state index in [1.807, 2.05) is 13.8 Å². The fourth-order valence-electron chi connectivity index (χ4n) is 3.74. The van der Waals surface area contributed by atoms with Gasteiger partial charge in [0.15, 0.2) is 0 Å². The van der Waals surface area contributed by atoms with E-state index in [0.29, 0.717) is 0 Å². The summed E-state index contributed by atoms with van der Waals surface area (Å²) in [5.74, 6) is 2.27. The van der Waals surface area contributed by atoms with Crippen LogP contribution in [0, 0.1) is 17.3 Å². The van der Waals surface area contributed by atoms with Crippen LogP contribution >= 0.6 is 0 Å². The molecule has 2 rings (SSSR count). The van der Waals surface area contributed by atoms with E-state index in [1.165, 1.54) is 25.7 Å². The molecule has 2 aliphatic carbocycles. The maximum atomic E-state index is 2.40.